The molecule has 1 aromatic rings. The van der Waals surface area contributed by atoms with Gasteiger partial charge in [0.25, 0.3) is 5.91 Å². The van der Waals surface area contributed by atoms with E-state index >= 15 is 0 Å². The van der Waals surface area contributed by atoms with E-state index in [1.807, 2.05) is 31.1 Å². The minimum atomic E-state index is 0.00761. The first kappa shape index (κ1) is 14.8. The Labute approximate surface area is 117 Å². The Morgan fingerprint density at radius 3 is 2.59 bits per heavy atom. The predicted molar refractivity (Wildman–Crippen MR) is 75.6 cm³/mol. The lowest BCUT2D eigenvalue weighted by Gasteiger charge is -2.26. The molecule has 0 aliphatic rings. The van der Waals surface area contributed by atoms with E-state index in [0.29, 0.717) is 22.3 Å². The van der Waals surface area contributed by atoms with Gasteiger partial charge >= 0.3 is 0 Å². The van der Waals surface area contributed by atoms with Crippen LogP contribution in [0.2, 0.25) is 5.02 Å². The maximum absolute atomic E-state index is 12.3. The van der Waals surface area contributed by atoms with E-state index in [0.717, 1.165) is 12.0 Å². The number of aryl methyl sites for hydroxylation is 1. The maximum atomic E-state index is 12.3. The number of halogens is 2. The van der Waals surface area contributed by atoms with Crippen molar-refractivity contribution in [2.75, 3.05) is 12.4 Å². The van der Waals surface area contributed by atoms with Crippen LogP contribution in [0.5, 0.6) is 0 Å². The summed E-state index contributed by atoms with van der Waals surface area (Å²) in [5.74, 6) is 0.571. The van der Waals surface area contributed by atoms with Crippen molar-refractivity contribution in [1.82, 2.24) is 4.90 Å². The molecule has 2 nitrogen and oxygen atoms in total. The highest BCUT2D eigenvalue weighted by Crippen LogP contribution is 2.28. The molecular weight excluding hydrogens is 277 g/mol. The highest BCUT2D eigenvalue weighted by atomic mass is 35.5. The molecule has 0 N–H and O–H groups in total. The summed E-state index contributed by atoms with van der Waals surface area (Å²) >= 11 is 13.2. The third-order valence-corrected chi connectivity index (χ3v) is 4.46. The van der Waals surface area contributed by atoms with Crippen LogP contribution >= 0.6 is 34.5 Å². The molecule has 0 spiro atoms. The standard InChI is InChI=1S/C12H17Cl2NOS/c1-8(2)15(6-4-5-13)12(16)11-10(14)9(3)7-17-11/h7-8H,4-6H2,1-3H3. The van der Waals surface area contributed by atoms with E-state index in [1.54, 1.807) is 0 Å². The second-order valence-corrected chi connectivity index (χ2v) is 5.83. The van der Waals surface area contributed by atoms with Crippen LogP contribution in [0.3, 0.4) is 0 Å². The monoisotopic (exact) mass is 293 g/mol. The first-order valence-corrected chi connectivity index (χ1v) is 7.38. The summed E-state index contributed by atoms with van der Waals surface area (Å²) in [6.07, 6.45) is 0.799. The number of carbonyl (C=O) groups excluding carboxylic acids is 1. The maximum Gasteiger partial charge on any atom is 0.265 e. The summed E-state index contributed by atoms with van der Waals surface area (Å²) < 4.78 is 0. The van der Waals surface area contributed by atoms with Gasteiger partial charge in [0.2, 0.25) is 0 Å². The van der Waals surface area contributed by atoms with Crippen molar-refractivity contribution < 1.29 is 4.79 Å². The fraction of sp³-hybridized carbons (Fsp3) is 0.583. The van der Waals surface area contributed by atoms with Crippen molar-refractivity contribution in [1.29, 1.82) is 0 Å². The average Bonchev–Trinajstić information content (AvgIpc) is 2.59. The van der Waals surface area contributed by atoms with Gasteiger partial charge in [0.1, 0.15) is 4.88 Å². The number of carbonyl (C=O) groups is 1. The summed E-state index contributed by atoms with van der Waals surface area (Å²) in [5.41, 5.74) is 0.959. The van der Waals surface area contributed by atoms with Gasteiger partial charge < -0.3 is 4.90 Å². The number of hydrogen-bond donors (Lipinski definition) is 0. The Hall–Kier alpha value is -0.250. The molecular formula is C12H17Cl2NOS. The van der Waals surface area contributed by atoms with Gasteiger partial charge in [-0.25, -0.2) is 0 Å². The number of hydrogen-bond acceptors (Lipinski definition) is 2. The third-order valence-electron chi connectivity index (χ3n) is 2.51. The summed E-state index contributed by atoms with van der Waals surface area (Å²) in [4.78, 5) is 14.8. The van der Waals surface area contributed by atoms with Crippen LogP contribution in [0, 0.1) is 6.92 Å². The smallest absolute Gasteiger partial charge is 0.265 e. The molecule has 17 heavy (non-hydrogen) atoms. The van der Waals surface area contributed by atoms with Gasteiger partial charge in [-0.2, -0.15) is 0 Å². The molecule has 1 aromatic heterocycles. The highest BCUT2D eigenvalue weighted by Gasteiger charge is 2.22. The molecule has 0 fully saturated rings. The zero-order valence-electron chi connectivity index (χ0n) is 10.3. The van der Waals surface area contributed by atoms with Gasteiger partial charge in [-0.3, -0.25) is 4.79 Å². The minimum absolute atomic E-state index is 0.00761. The Morgan fingerprint density at radius 2 is 2.18 bits per heavy atom. The molecule has 1 amide bonds. The zero-order valence-corrected chi connectivity index (χ0v) is 12.6. The molecule has 0 atom stereocenters. The van der Waals surface area contributed by atoms with E-state index in [4.69, 9.17) is 23.2 Å². The zero-order chi connectivity index (χ0) is 13.0. The number of thiophene rings is 1. The van der Waals surface area contributed by atoms with Crippen molar-refractivity contribution in [3.63, 3.8) is 0 Å². The minimum Gasteiger partial charge on any atom is -0.335 e. The molecule has 0 aliphatic heterocycles. The van der Waals surface area contributed by atoms with Crippen molar-refractivity contribution in [2.24, 2.45) is 0 Å². The summed E-state index contributed by atoms with van der Waals surface area (Å²) in [7, 11) is 0. The fourth-order valence-corrected chi connectivity index (χ4v) is 2.88. The van der Waals surface area contributed by atoms with Gasteiger partial charge in [0, 0.05) is 18.5 Å². The Morgan fingerprint density at radius 1 is 1.53 bits per heavy atom. The van der Waals surface area contributed by atoms with Gasteiger partial charge in [-0.1, -0.05) is 11.6 Å². The van der Waals surface area contributed by atoms with Crippen LogP contribution in [0.25, 0.3) is 0 Å². The first-order chi connectivity index (χ1) is 7.99. The lowest BCUT2D eigenvalue weighted by molar-refractivity contribution is 0.0711. The van der Waals surface area contributed by atoms with E-state index < -0.39 is 0 Å². The van der Waals surface area contributed by atoms with Crippen molar-refractivity contribution in [3.05, 3.63) is 20.8 Å². The van der Waals surface area contributed by atoms with Crippen LogP contribution in [0.4, 0.5) is 0 Å². The second kappa shape index (κ2) is 6.62. The van der Waals surface area contributed by atoms with Crippen LogP contribution < -0.4 is 0 Å². The van der Waals surface area contributed by atoms with Crippen LogP contribution in [-0.2, 0) is 0 Å². The van der Waals surface area contributed by atoms with Gasteiger partial charge in [-0.05, 0) is 38.1 Å². The fourth-order valence-electron chi connectivity index (χ4n) is 1.53. The van der Waals surface area contributed by atoms with Crippen molar-refractivity contribution in [2.45, 2.75) is 33.2 Å². The normalized spacial score (nSPS) is 10.9. The average molecular weight is 294 g/mol. The number of rotatable bonds is 5. The van der Waals surface area contributed by atoms with Crippen LogP contribution in [-0.4, -0.2) is 29.3 Å². The molecule has 0 saturated carbocycles. The first-order valence-electron chi connectivity index (χ1n) is 5.59. The van der Waals surface area contributed by atoms with E-state index in [9.17, 15) is 4.79 Å². The molecule has 0 saturated heterocycles. The molecule has 0 aromatic carbocycles. The molecule has 0 bridgehead atoms. The topological polar surface area (TPSA) is 20.3 Å². The second-order valence-electron chi connectivity index (χ2n) is 4.20. The molecule has 5 heteroatoms. The van der Waals surface area contributed by atoms with Crippen LogP contribution in [0.15, 0.2) is 5.38 Å². The lowest BCUT2D eigenvalue weighted by atomic mass is 10.2. The van der Waals surface area contributed by atoms with E-state index in [-0.39, 0.29) is 11.9 Å². The SMILES string of the molecule is Cc1csc(C(=O)N(CCCCl)C(C)C)c1Cl. The summed E-state index contributed by atoms with van der Waals surface area (Å²) in [6, 6.07) is 0.157. The van der Waals surface area contributed by atoms with Gasteiger partial charge in [0.15, 0.2) is 0 Å². The lowest BCUT2D eigenvalue weighted by Crippen LogP contribution is -2.37. The molecule has 1 heterocycles. The van der Waals surface area contributed by atoms with Crippen LogP contribution in [0.1, 0.15) is 35.5 Å². The summed E-state index contributed by atoms with van der Waals surface area (Å²) in [5, 5.41) is 2.49. The van der Waals surface area contributed by atoms with Crippen molar-refractivity contribution >= 4 is 40.4 Å². The van der Waals surface area contributed by atoms with Crippen molar-refractivity contribution in [3.8, 4) is 0 Å². The Kier molecular flexibility index (Phi) is 5.77. The number of nitrogens with zero attached hydrogens (tertiary/aromatic N) is 1. The Balaban J connectivity index is 2.88. The Bertz CT molecular complexity index is 390. The summed E-state index contributed by atoms with van der Waals surface area (Å²) in [6.45, 7) is 6.59. The molecule has 0 unspecified atom stereocenters. The van der Waals surface area contributed by atoms with Gasteiger partial charge in [-0.15, -0.1) is 22.9 Å². The number of amides is 1. The van der Waals surface area contributed by atoms with Gasteiger partial charge in [0.05, 0.1) is 5.02 Å². The third kappa shape index (κ3) is 3.60. The molecule has 96 valence electrons. The predicted octanol–water partition coefficient (Wildman–Crippen LogP) is 4.19. The quantitative estimate of drug-likeness (QED) is 0.746. The molecule has 0 radical (unpaired) electrons. The highest BCUT2D eigenvalue weighted by molar-refractivity contribution is 7.13. The molecule has 0 aliphatic carbocycles. The largest absolute Gasteiger partial charge is 0.335 e. The number of alkyl halides is 1. The van der Waals surface area contributed by atoms with E-state index in [1.165, 1.54) is 11.3 Å². The van der Waals surface area contributed by atoms with E-state index in [2.05, 4.69) is 0 Å². The molecule has 1 rings (SSSR count).